The van der Waals surface area contributed by atoms with Crippen molar-refractivity contribution in [1.29, 1.82) is 5.26 Å². The van der Waals surface area contributed by atoms with Gasteiger partial charge in [-0.25, -0.2) is 19.3 Å². The third-order valence-corrected chi connectivity index (χ3v) is 6.14. The van der Waals surface area contributed by atoms with Gasteiger partial charge in [0.05, 0.1) is 12.4 Å². The maximum Gasteiger partial charge on any atom is 0.435 e. The minimum Gasteiger partial charge on any atom is -0.369 e. The molecule has 8 nitrogen and oxygen atoms in total. The average Bonchev–Trinajstić information content (AvgIpc) is 3.29. The number of rotatable bonds is 5. The van der Waals surface area contributed by atoms with E-state index >= 15 is 0 Å². The van der Waals surface area contributed by atoms with E-state index in [0.29, 0.717) is 28.0 Å². The fraction of sp³-hybridized carbons (Fsp3) is 0.261. The normalized spacial score (nSPS) is 15.3. The highest BCUT2D eigenvalue weighted by molar-refractivity contribution is 5.54. The molecule has 196 valence electrons. The van der Waals surface area contributed by atoms with E-state index in [1.165, 1.54) is 36.7 Å². The minimum atomic E-state index is -4.92. The number of halogens is 7. The molecular weight excluding hydrogens is 521 g/mol. The number of hydrogen-bond acceptors (Lipinski definition) is 7. The summed E-state index contributed by atoms with van der Waals surface area (Å²) in [6.07, 6.45) is -7.13. The number of hydrogen-bond donors (Lipinski definition) is 1. The molecule has 4 heterocycles. The predicted molar refractivity (Wildman–Crippen MR) is 119 cm³/mol. The van der Waals surface area contributed by atoms with Crippen LogP contribution < -0.4 is 10.2 Å². The Morgan fingerprint density at radius 1 is 0.947 bits per heavy atom. The molecule has 1 saturated heterocycles. The van der Waals surface area contributed by atoms with E-state index < -0.39 is 40.6 Å². The Kier molecular flexibility index (Phi) is 5.85. The van der Waals surface area contributed by atoms with Gasteiger partial charge in [0.1, 0.15) is 23.5 Å². The van der Waals surface area contributed by atoms with Crippen LogP contribution in [0.15, 0.2) is 48.8 Å². The molecular formula is C23H15F7N8. The molecule has 0 amide bonds. The van der Waals surface area contributed by atoms with Crippen LogP contribution in [-0.4, -0.2) is 44.2 Å². The second-order valence-corrected chi connectivity index (χ2v) is 8.69. The highest BCUT2D eigenvalue weighted by atomic mass is 19.4. The summed E-state index contributed by atoms with van der Waals surface area (Å²) >= 11 is 0. The molecule has 5 rings (SSSR count). The van der Waals surface area contributed by atoms with Crippen LogP contribution in [0.2, 0.25) is 0 Å². The molecule has 1 fully saturated rings. The SMILES string of the molecule is N#Cc1cnc(N2CC(CNc3cc(C(F)(F)F)nc4cc(C(F)(F)F)nn34)(c3ccc(F)cc3)C2)cn1. The summed E-state index contributed by atoms with van der Waals surface area (Å²) in [6.45, 7) is 0.482. The second kappa shape index (κ2) is 8.82. The number of anilines is 2. The van der Waals surface area contributed by atoms with Crippen molar-refractivity contribution < 1.29 is 30.7 Å². The summed E-state index contributed by atoms with van der Waals surface area (Å²) in [5, 5.41) is 15.1. The number of benzene rings is 1. The molecule has 38 heavy (non-hydrogen) atoms. The van der Waals surface area contributed by atoms with Crippen LogP contribution in [0, 0.1) is 17.1 Å². The average molecular weight is 536 g/mol. The van der Waals surface area contributed by atoms with E-state index in [1.54, 1.807) is 4.90 Å². The maximum atomic E-state index is 13.6. The zero-order chi connectivity index (χ0) is 27.3. The molecule has 0 radical (unpaired) electrons. The minimum absolute atomic E-state index is 0.0452. The van der Waals surface area contributed by atoms with Crippen LogP contribution >= 0.6 is 0 Å². The maximum absolute atomic E-state index is 13.6. The van der Waals surface area contributed by atoms with E-state index in [0.717, 1.165) is 0 Å². The van der Waals surface area contributed by atoms with Crippen molar-refractivity contribution in [3.05, 3.63) is 77.3 Å². The van der Waals surface area contributed by atoms with Crippen molar-refractivity contribution in [2.24, 2.45) is 0 Å². The van der Waals surface area contributed by atoms with Crippen molar-refractivity contribution >= 4 is 17.3 Å². The van der Waals surface area contributed by atoms with E-state index in [9.17, 15) is 30.7 Å². The Hall–Kier alpha value is -4.48. The molecule has 1 N–H and O–H groups in total. The van der Waals surface area contributed by atoms with E-state index in [4.69, 9.17) is 5.26 Å². The van der Waals surface area contributed by atoms with Crippen LogP contribution in [0.3, 0.4) is 0 Å². The Morgan fingerprint density at radius 3 is 2.21 bits per heavy atom. The lowest BCUT2D eigenvalue weighted by Crippen LogP contribution is -2.63. The van der Waals surface area contributed by atoms with Gasteiger partial charge in [-0.2, -0.15) is 41.2 Å². The lowest BCUT2D eigenvalue weighted by atomic mass is 9.73. The second-order valence-electron chi connectivity index (χ2n) is 8.69. The fourth-order valence-corrected chi connectivity index (χ4v) is 4.23. The summed E-state index contributed by atoms with van der Waals surface area (Å²) in [7, 11) is 0. The van der Waals surface area contributed by atoms with Gasteiger partial charge in [0, 0.05) is 37.2 Å². The highest BCUT2D eigenvalue weighted by Crippen LogP contribution is 2.38. The van der Waals surface area contributed by atoms with Crippen LogP contribution in [0.4, 0.5) is 42.4 Å². The Bertz CT molecular complexity index is 1510. The van der Waals surface area contributed by atoms with Crippen LogP contribution in [-0.2, 0) is 17.8 Å². The number of fused-ring (bicyclic) bond motifs is 1. The van der Waals surface area contributed by atoms with Crippen molar-refractivity contribution in [3.8, 4) is 6.07 Å². The molecule has 0 atom stereocenters. The van der Waals surface area contributed by atoms with E-state index in [-0.39, 0.29) is 31.1 Å². The summed E-state index contributed by atoms with van der Waals surface area (Å²) in [4.78, 5) is 13.2. The molecule has 0 saturated carbocycles. The van der Waals surface area contributed by atoms with Gasteiger partial charge in [-0.15, -0.1) is 0 Å². The van der Waals surface area contributed by atoms with Gasteiger partial charge in [0.2, 0.25) is 0 Å². The lowest BCUT2D eigenvalue weighted by Gasteiger charge is -2.51. The molecule has 4 aromatic rings. The predicted octanol–water partition coefficient (Wildman–Crippen LogP) is 4.44. The van der Waals surface area contributed by atoms with E-state index in [2.05, 4.69) is 25.4 Å². The fourth-order valence-electron chi connectivity index (χ4n) is 4.23. The topological polar surface area (TPSA) is 95.0 Å². The van der Waals surface area contributed by atoms with Gasteiger partial charge in [-0.05, 0) is 17.7 Å². The first-order chi connectivity index (χ1) is 17.9. The first kappa shape index (κ1) is 25.2. The number of aromatic nitrogens is 5. The zero-order valence-corrected chi connectivity index (χ0v) is 19.0. The monoisotopic (exact) mass is 536 g/mol. The molecule has 0 aliphatic carbocycles. The highest BCUT2D eigenvalue weighted by Gasteiger charge is 2.45. The first-order valence-electron chi connectivity index (χ1n) is 10.9. The summed E-state index contributed by atoms with van der Waals surface area (Å²) in [5.41, 5.74) is -3.46. The molecule has 15 heteroatoms. The Balaban J connectivity index is 1.49. The van der Waals surface area contributed by atoms with Crippen LogP contribution in [0.5, 0.6) is 0 Å². The Morgan fingerprint density at radius 2 is 1.63 bits per heavy atom. The van der Waals surface area contributed by atoms with Gasteiger partial charge < -0.3 is 10.2 Å². The van der Waals surface area contributed by atoms with Crippen molar-refractivity contribution in [3.63, 3.8) is 0 Å². The number of nitrogens with zero attached hydrogens (tertiary/aromatic N) is 7. The Labute approximate surface area is 209 Å². The lowest BCUT2D eigenvalue weighted by molar-refractivity contribution is -0.142. The van der Waals surface area contributed by atoms with Crippen LogP contribution in [0.25, 0.3) is 5.65 Å². The summed E-state index contributed by atoms with van der Waals surface area (Å²) < 4.78 is 94.3. The van der Waals surface area contributed by atoms with Crippen molar-refractivity contribution in [2.75, 3.05) is 29.9 Å². The molecule has 0 unspecified atom stereocenters. The number of alkyl halides is 6. The largest absolute Gasteiger partial charge is 0.435 e. The third-order valence-electron chi connectivity index (χ3n) is 6.14. The van der Waals surface area contributed by atoms with Crippen molar-refractivity contribution in [1.82, 2.24) is 24.6 Å². The molecule has 1 aromatic carbocycles. The molecule has 1 aliphatic rings. The standard InChI is InChI=1S/C23H15F7N8/c24-14-3-1-13(2-4-14)21(11-37(12-21)20-9-32-15(7-31)8-33-20)10-34-18-5-16(22(25,26)27)35-19-6-17(23(28,29)30)36-38(18)19/h1-6,8-9,34H,10-12H2. The molecule has 0 spiro atoms. The van der Waals surface area contributed by atoms with Crippen molar-refractivity contribution in [2.45, 2.75) is 17.8 Å². The smallest absolute Gasteiger partial charge is 0.369 e. The third kappa shape index (κ3) is 4.64. The first-order valence-corrected chi connectivity index (χ1v) is 10.9. The summed E-state index contributed by atoms with van der Waals surface area (Å²) in [6, 6.07) is 8.39. The molecule has 0 bridgehead atoms. The van der Waals surface area contributed by atoms with Gasteiger partial charge in [-0.3, -0.25) is 0 Å². The number of nitrogens with one attached hydrogen (secondary N) is 1. The number of nitriles is 1. The summed E-state index contributed by atoms with van der Waals surface area (Å²) in [5.74, 6) is -0.405. The van der Waals surface area contributed by atoms with Gasteiger partial charge in [-0.1, -0.05) is 12.1 Å². The van der Waals surface area contributed by atoms with Gasteiger partial charge >= 0.3 is 12.4 Å². The molecule has 3 aromatic heterocycles. The van der Waals surface area contributed by atoms with E-state index in [1.807, 2.05) is 6.07 Å². The molecule has 1 aliphatic heterocycles. The quantitative estimate of drug-likeness (QED) is 0.377. The van der Waals surface area contributed by atoms with Gasteiger partial charge in [0.15, 0.2) is 22.7 Å². The van der Waals surface area contributed by atoms with Gasteiger partial charge in [0.25, 0.3) is 0 Å². The zero-order valence-electron chi connectivity index (χ0n) is 19.0. The van der Waals surface area contributed by atoms with Crippen LogP contribution in [0.1, 0.15) is 22.6 Å².